The molecule has 118 valence electrons. The third-order valence-electron chi connectivity index (χ3n) is 3.69. The first-order valence-corrected chi connectivity index (χ1v) is 7.34. The second-order valence-electron chi connectivity index (χ2n) is 5.65. The van der Waals surface area contributed by atoms with Crippen LogP contribution in [0.1, 0.15) is 22.4 Å². The van der Waals surface area contributed by atoms with Crippen LogP contribution in [-0.2, 0) is 6.54 Å². The molecule has 0 spiro atoms. The van der Waals surface area contributed by atoms with Crippen molar-refractivity contribution in [2.45, 2.75) is 27.3 Å². The number of nitrogens with two attached hydrogens (primary N) is 1. The first-order chi connectivity index (χ1) is 10.9. The van der Waals surface area contributed by atoms with Crippen molar-refractivity contribution in [3.8, 4) is 0 Å². The largest absolute Gasteiger partial charge is 0.383 e. The van der Waals surface area contributed by atoms with Gasteiger partial charge in [-0.15, -0.1) is 0 Å². The van der Waals surface area contributed by atoms with E-state index in [4.69, 9.17) is 5.73 Å². The van der Waals surface area contributed by atoms with E-state index in [1.165, 1.54) is 6.07 Å². The zero-order valence-electron chi connectivity index (χ0n) is 13.3. The highest BCUT2D eigenvalue weighted by molar-refractivity contribution is 5.89. The lowest BCUT2D eigenvalue weighted by molar-refractivity contribution is 0.617. The number of pyridine rings is 1. The summed E-state index contributed by atoms with van der Waals surface area (Å²) in [4.78, 5) is 13.1. The number of hydrogen-bond donors (Lipinski definition) is 2. The maximum Gasteiger partial charge on any atom is 0.226 e. The Morgan fingerprint density at radius 1 is 1.04 bits per heavy atom. The molecule has 1 aromatic carbocycles. The van der Waals surface area contributed by atoms with Gasteiger partial charge in [-0.1, -0.05) is 12.1 Å². The summed E-state index contributed by atoms with van der Waals surface area (Å²) in [5, 5.41) is 3.89. The molecule has 0 aliphatic carbocycles. The minimum Gasteiger partial charge on any atom is -0.383 e. The summed E-state index contributed by atoms with van der Waals surface area (Å²) >= 11 is 0. The summed E-state index contributed by atoms with van der Waals surface area (Å²) in [5.74, 6) is 0.599. The zero-order valence-corrected chi connectivity index (χ0v) is 13.3. The average molecular weight is 311 g/mol. The maximum atomic E-state index is 13.3. The van der Waals surface area contributed by atoms with E-state index in [2.05, 4.69) is 20.3 Å². The quantitative estimate of drug-likeness (QED) is 0.776. The second-order valence-corrected chi connectivity index (χ2v) is 5.65. The molecule has 5 nitrogen and oxygen atoms in total. The molecule has 0 fully saturated rings. The van der Waals surface area contributed by atoms with Crippen molar-refractivity contribution in [1.82, 2.24) is 15.0 Å². The molecule has 0 bridgehead atoms. The van der Waals surface area contributed by atoms with E-state index in [-0.39, 0.29) is 5.82 Å². The van der Waals surface area contributed by atoms with Crippen molar-refractivity contribution in [3.05, 3.63) is 52.5 Å². The molecular formula is C17H18FN5. The molecule has 0 saturated heterocycles. The number of fused-ring (bicyclic) bond motifs is 1. The lowest BCUT2D eigenvalue weighted by Crippen LogP contribution is -2.07. The smallest absolute Gasteiger partial charge is 0.226 e. The molecule has 0 aliphatic heterocycles. The van der Waals surface area contributed by atoms with E-state index in [1.54, 1.807) is 19.1 Å². The Labute approximate surface area is 133 Å². The van der Waals surface area contributed by atoms with Crippen LogP contribution in [0.15, 0.2) is 24.3 Å². The lowest BCUT2D eigenvalue weighted by atomic mass is 10.1. The Balaban J connectivity index is 1.90. The van der Waals surface area contributed by atoms with Gasteiger partial charge in [0, 0.05) is 12.2 Å². The summed E-state index contributed by atoms with van der Waals surface area (Å²) in [6, 6.07) is 6.93. The Kier molecular flexibility index (Phi) is 3.82. The Morgan fingerprint density at radius 2 is 1.83 bits per heavy atom. The van der Waals surface area contributed by atoms with Crippen molar-refractivity contribution < 1.29 is 4.39 Å². The SMILES string of the molecule is Cc1cc(C)c2c(N)nc(NCc3ccc(F)c(C)c3)nc2n1. The van der Waals surface area contributed by atoms with Crippen LogP contribution >= 0.6 is 0 Å². The predicted molar refractivity (Wildman–Crippen MR) is 89.7 cm³/mol. The van der Waals surface area contributed by atoms with Gasteiger partial charge in [0.2, 0.25) is 5.95 Å². The summed E-state index contributed by atoms with van der Waals surface area (Å²) < 4.78 is 13.3. The fraction of sp³-hybridized carbons (Fsp3) is 0.235. The maximum absolute atomic E-state index is 13.3. The van der Waals surface area contributed by atoms with Gasteiger partial charge in [-0.3, -0.25) is 0 Å². The fourth-order valence-corrected chi connectivity index (χ4v) is 2.59. The summed E-state index contributed by atoms with van der Waals surface area (Å²) in [7, 11) is 0. The normalized spacial score (nSPS) is 11.0. The van der Waals surface area contributed by atoms with Gasteiger partial charge in [-0.25, -0.2) is 9.37 Å². The van der Waals surface area contributed by atoms with Gasteiger partial charge in [0.25, 0.3) is 0 Å². The molecule has 2 heterocycles. The number of rotatable bonds is 3. The van der Waals surface area contributed by atoms with Gasteiger partial charge < -0.3 is 11.1 Å². The van der Waals surface area contributed by atoms with Crippen molar-refractivity contribution in [3.63, 3.8) is 0 Å². The lowest BCUT2D eigenvalue weighted by Gasteiger charge is -2.10. The summed E-state index contributed by atoms with van der Waals surface area (Å²) in [6.45, 7) is 6.10. The highest BCUT2D eigenvalue weighted by Crippen LogP contribution is 2.22. The summed E-state index contributed by atoms with van der Waals surface area (Å²) in [5.41, 5.74) is 10.1. The van der Waals surface area contributed by atoms with Gasteiger partial charge in [-0.05, 0) is 49.6 Å². The first kappa shape index (κ1) is 15.1. The van der Waals surface area contributed by atoms with E-state index in [0.717, 1.165) is 22.2 Å². The van der Waals surface area contributed by atoms with E-state index in [9.17, 15) is 4.39 Å². The van der Waals surface area contributed by atoms with Crippen molar-refractivity contribution in [1.29, 1.82) is 0 Å². The van der Waals surface area contributed by atoms with Crippen LogP contribution < -0.4 is 11.1 Å². The van der Waals surface area contributed by atoms with E-state index in [0.29, 0.717) is 29.5 Å². The Bertz CT molecular complexity index is 892. The second kappa shape index (κ2) is 5.79. The molecule has 0 radical (unpaired) electrons. The third kappa shape index (κ3) is 3.06. The van der Waals surface area contributed by atoms with Crippen LogP contribution in [0.3, 0.4) is 0 Å². The van der Waals surface area contributed by atoms with Crippen molar-refractivity contribution >= 4 is 22.8 Å². The van der Waals surface area contributed by atoms with Gasteiger partial charge >= 0.3 is 0 Å². The fourth-order valence-electron chi connectivity index (χ4n) is 2.59. The first-order valence-electron chi connectivity index (χ1n) is 7.34. The van der Waals surface area contributed by atoms with Crippen LogP contribution in [0.2, 0.25) is 0 Å². The van der Waals surface area contributed by atoms with E-state index < -0.39 is 0 Å². The van der Waals surface area contributed by atoms with Gasteiger partial charge in [-0.2, -0.15) is 9.97 Å². The Hall–Kier alpha value is -2.76. The van der Waals surface area contributed by atoms with Crippen LogP contribution in [0.5, 0.6) is 0 Å². The Morgan fingerprint density at radius 3 is 2.57 bits per heavy atom. The molecule has 0 saturated carbocycles. The number of aryl methyl sites for hydroxylation is 3. The van der Waals surface area contributed by atoms with Crippen molar-refractivity contribution in [2.75, 3.05) is 11.1 Å². The van der Waals surface area contributed by atoms with E-state index >= 15 is 0 Å². The minimum absolute atomic E-state index is 0.213. The highest BCUT2D eigenvalue weighted by Gasteiger charge is 2.10. The molecule has 3 rings (SSSR count). The predicted octanol–water partition coefficient (Wildman–Crippen LogP) is 3.28. The third-order valence-corrected chi connectivity index (χ3v) is 3.69. The molecule has 3 aromatic rings. The van der Waals surface area contributed by atoms with Gasteiger partial charge in [0.1, 0.15) is 11.6 Å². The molecule has 0 amide bonds. The number of nitrogens with one attached hydrogen (secondary N) is 1. The van der Waals surface area contributed by atoms with Crippen LogP contribution in [0.4, 0.5) is 16.2 Å². The number of halogens is 1. The minimum atomic E-state index is -0.213. The molecule has 0 unspecified atom stereocenters. The topological polar surface area (TPSA) is 76.7 Å². The average Bonchev–Trinajstić information content (AvgIpc) is 2.47. The van der Waals surface area contributed by atoms with Gasteiger partial charge in [0.15, 0.2) is 5.65 Å². The number of aromatic nitrogens is 3. The molecule has 23 heavy (non-hydrogen) atoms. The number of hydrogen-bond acceptors (Lipinski definition) is 5. The number of benzene rings is 1. The number of nitrogen functional groups attached to an aromatic ring is 1. The molecule has 0 atom stereocenters. The molecule has 3 N–H and O–H groups in total. The monoisotopic (exact) mass is 311 g/mol. The van der Waals surface area contributed by atoms with Crippen LogP contribution in [-0.4, -0.2) is 15.0 Å². The molecular weight excluding hydrogens is 293 g/mol. The number of anilines is 2. The van der Waals surface area contributed by atoms with Gasteiger partial charge in [0.05, 0.1) is 5.39 Å². The number of nitrogens with zero attached hydrogens (tertiary/aromatic N) is 3. The molecule has 0 aliphatic rings. The van der Waals surface area contributed by atoms with Crippen LogP contribution in [0.25, 0.3) is 11.0 Å². The van der Waals surface area contributed by atoms with E-state index in [1.807, 2.05) is 19.9 Å². The van der Waals surface area contributed by atoms with Crippen LogP contribution in [0, 0.1) is 26.6 Å². The standard InChI is InChI=1S/C17H18FN5/c1-9-7-12(4-5-13(9)18)8-20-17-22-15(19)14-10(2)6-11(3)21-16(14)23-17/h4-7H,8H2,1-3H3,(H3,19,20,21,22,23). The molecule has 2 aromatic heterocycles. The molecule has 6 heteroatoms. The zero-order chi connectivity index (χ0) is 16.6. The highest BCUT2D eigenvalue weighted by atomic mass is 19.1. The summed E-state index contributed by atoms with van der Waals surface area (Å²) in [6.07, 6.45) is 0. The van der Waals surface area contributed by atoms with Crippen molar-refractivity contribution in [2.24, 2.45) is 0 Å².